The maximum absolute atomic E-state index is 12.4. The SMILES string of the molecule is CCOC(=O)N1CCc2c(-c3cnc(N)nc3)nc(N3CCOCC3)nc21. The van der Waals surface area contributed by atoms with E-state index in [1.54, 1.807) is 24.2 Å². The van der Waals surface area contributed by atoms with Crippen LogP contribution in [-0.4, -0.2) is 65.5 Å². The second-order valence-electron chi connectivity index (χ2n) is 6.20. The first-order valence-corrected chi connectivity index (χ1v) is 8.93. The van der Waals surface area contributed by atoms with Crippen molar-refractivity contribution in [3.63, 3.8) is 0 Å². The molecule has 0 atom stereocenters. The number of aromatic nitrogens is 4. The van der Waals surface area contributed by atoms with Crippen LogP contribution in [0.3, 0.4) is 0 Å². The maximum Gasteiger partial charge on any atom is 0.415 e. The van der Waals surface area contributed by atoms with E-state index in [1.165, 1.54) is 0 Å². The number of amides is 1. The Morgan fingerprint density at radius 2 is 1.96 bits per heavy atom. The lowest BCUT2D eigenvalue weighted by atomic mass is 10.1. The van der Waals surface area contributed by atoms with Crippen LogP contribution in [0.5, 0.6) is 0 Å². The fourth-order valence-corrected chi connectivity index (χ4v) is 3.23. The molecule has 0 saturated carbocycles. The lowest BCUT2D eigenvalue weighted by molar-refractivity contribution is 0.122. The highest BCUT2D eigenvalue weighted by atomic mass is 16.6. The third-order valence-corrected chi connectivity index (χ3v) is 4.54. The number of hydrogen-bond donors (Lipinski definition) is 1. The molecule has 0 aromatic carbocycles. The quantitative estimate of drug-likeness (QED) is 0.838. The summed E-state index contributed by atoms with van der Waals surface area (Å²) < 4.78 is 10.6. The van der Waals surface area contributed by atoms with Crippen molar-refractivity contribution in [1.29, 1.82) is 0 Å². The van der Waals surface area contributed by atoms with Crippen LogP contribution < -0.4 is 15.5 Å². The molecule has 0 bridgehead atoms. The van der Waals surface area contributed by atoms with Gasteiger partial charge in [0.2, 0.25) is 11.9 Å². The number of rotatable bonds is 3. The third kappa shape index (κ3) is 3.35. The molecule has 0 unspecified atom stereocenters. The third-order valence-electron chi connectivity index (χ3n) is 4.54. The molecule has 2 N–H and O–H groups in total. The molecule has 2 aliphatic heterocycles. The van der Waals surface area contributed by atoms with Gasteiger partial charge in [0.05, 0.1) is 25.5 Å². The van der Waals surface area contributed by atoms with Gasteiger partial charge in [-0.1, -0.05) is 0 Å². The second kappa shape index (κ2) is 7.31. The molecule has 0 radical (unpaired) electrons. The van der Waals surface area contributed by atoms with Crippen LogP contribution in [0.25, 0.3) is 11.3 Å². The Hall–Kier alpha value is -3.01. The first-order valence-electron chi connectivity index (χ1n) is 8.93. The molecule has 2 aromatic heterocycles. The van der Waals surface area contributed by atoms with Crippen LogP contribution >= 0.6 is 0 Å². The van der Waals surface area contributed by atoms with E-state index >= 15 is 0 Å². The monoisotopic (exact) mass is 371 g/mol. The molecule has 0 aliphatic carbocycles. The molecule has 27 heavy (non-hydrogen) atoms. The lowest BCUT2D eigenvalue weighted by Crippen LogP contribution is -2.38. The van der Waals surface area contributed by atoms with E-state index in [9.17, 15) is 4.79 Å². The van der Waals surface area contributed by atoms with E-state index in [1.807, 2.05) is 4.90 Å². The molecule has 4 rings (SSSR count). The van der Waals surface area contributed by atoms with Crippen LogP contribution in [0, 0.1) is 0 Å². The summed E-state index contributed by atoms with van der Waals surface area (Å²) in [4.78, 5) is 33.6. The van der Waals surface area contributed by atoms with Crippen LogP contribution in [0.4, 0.5) is 22.5 Å². The fraction of sp³-hybridized carbons (Fsp3) is 0.471. The topological polar surface area (TPSA) is 120 Å². The Morgan fingerprint density at radius 3 is 2.67 bits per heavy atom. The van der Waals surface area contributed by atoms with Gasteiger partial charge in [-0.2, -0.15) is 4.98 Å². The number of ether oxygens (including phenoxy) is 2. The first-order chi connectivity index (χ1) is 13.2. The fourth-order valence-electron chi connectivity index (χ4n) is 3.23. The average molecular weight is 371 g/mol. The number of anilines is 3. The van der Waals surface area contributed by atoms with Crippen LogP contribution in [0.1, 0.15) is 12.5 Å². The van der Waals surface area contributed by atoms with Crippen molar-refractivity contribution in [1.82, 2.24) is 19.9 Å². The number of nitrogen functional groups attached to an aromatic ring is 1. The molecule has 4 heterocycles. The van der Waals surface area contributed by atoms with Crippen molar-refractivity contribution in [3.8, 4) is 11.3 Å². The van der Waals surface area contributed by atoms with E-state index in [0.717, 1.165) is 11.1 Å². The van der Waals surface area contributed by atoms with E-state index in [2.05, 4.69) is 15.0 Å². The zero-order chi connectivity index (χ0) is 18.8. The Kier molecular flexibility index (Phi) is 4.71. The molecular weight excluding hydrogens is 350 g/mol. The standard InChI is InChI=1S/C17H21N7O3/c1-2-27-17(25)24-4-3-12-13(11-9-19-15(18)20-10-11)21-16(22-14(12)24)23-5-7-26-8-6-23/h9-10H,2-8H2,1H3,(H2,18,19,20). The van der Waals surface area contributed by atoms with Gasteiger partial charge in [0.25, 0.3) is 0 Å². The van der Waals surface area contributed by atoms with Gasteiger partial charge >= 0.3 is 6.09 Å². The molecule has 1 amide bonds. The smallest absolute Gasteiger partial charge is 0.415 e. The molecular formula is C17H21N7O3. The Morgan fingerprint density at radius 1 is 1.22 bits per heavy atom. The number of fused-ring (bicyclic) bond motifs is 1. The Labute approximate surface area is 156 Å². The van der Waals surface area contributed by atoms with Crippen molar-refractivity contribution in [2.24, 2.45) is 0 Å². The highest BCUT2D eigenvalue weighted by Crippen LogP contribution is 2.35. The summed E-state index contributed by atoms with van der Waals surface area (Å²) in [5, 5.41) is 0. The predicted molar refractivity (Wildman–Crippen MR) is 98.6 cm³/mol. The van der Waals surface area contributed by atoms with Gasteiger partial charge in [-0.3, -0.25) is 4.90 Å². The van der Waals surface area contributed by atoms with E-state index in [-0.39, 0.29) is 5.95 Å². The Balaban J connectivity index is 1.80. The number of carbonyl (C=O) groups excluding carboxylic acids is 1. The number of nitrogens with two attached hydrogens (primary N) is 1. The summed E-state index contributed by atoms with van der Waals surface area (Å²) in [5.74, 6) is 1.34. The van der Waals surface area contributed by atoms with E-state index < -0.39 is 6.09 Å². The van der Waals surface area contributed by atoms with Crippen LogP contribution in [0.2, 0.25) is 0 Å². The summed E-state index contributed by atoms with van der Waals surface area (Å²) in [7, 11) is 0. The number of carbonyl (C=O) groups is 1. The minimum atomic E-state index is -0.401. The molecule has 10 nitrogen and oxygen atoms in total. The largest absolute Gasteiger partial charge is 0.449 e. The zero-order valence-electron chi connectivity index (χ0n) is 15.1. The molecule has 2 aliphatic rings. The minimum Gasteiger partial charge on any atom is -0.449 e. The summed E-state index contributed by atoms with van der Waals surface area (Å²) >= 11 is 0. The van der Waals surface area contributed by atoms with Crippen molar-refractivity contribution >= 4 is 23.8 Å². The minimum absolute atomic E-state index is 0.200. The molecule has 1 saturated heterocycles. The highest BCUT2D eigenvalue weighted by molar-refractivity contribution is 5.91. The first kappa shape index (κ1) is 17.4. The van der Waals surface area contributed by atoms with Gasteiger partial charge in [0.1, 0.15) is 5.82 Å². The Bertz CT molecular complexity index is 837. The molecule has 10 heteroatoms. The van der Waals surface area contributed by atoms with Gasteiger partial charge in [-0.25, -0.2) is 19.7 Å². The average Bonchev–Trinajstić information content (AvgIpc) is 3.13. The van der Waals surface area contributed by atoms with Gasteiger partial charge in [0.15, 0.2) is 0 Å². The van der Waals surface area contributed by atoms with Gasteiger partial charge in [0, 0.05) is 43.2 Å². The molecule has 2 aromatic rings. The summed E-state index contributed by atoms with van der Waals surface area (Å²) in [6.45, 7) is 5.20. The van der Waals surface area contributed by atoms with Crippen molar-refractivity contribution in [2.75, 3.05) is 55.0 Å². The van der Waals surface area contributed by atoms with Crippen molar-refractivity contribution < 1.29 is 14.3 Å². The predicted octanol–water partition coefficient (Wildman–Crippen LogP) is 0.871. The summed E-state index contributed by atoms with van der Waals surface area (Å²) in [6.07, 6.45) is 3.52. The summed E-state index contributed by atoms with van der Waals surface area (Å²) in [5.41, 5.74) is 7.95. The lowest BCUT2D eigenvalue weighted by Gasteiger charge is -2.28. The van der Waals surface area contributed by atoms with Crippen molar-refractivity contribution in [2.45, 2.75) is 13.3 Å². The molecule has 0 spiro atoms. The van der Waals surface area contributed by atoms with E-state index in [0.29, 0.717) is 63.3 Å². The van der Waals surface area contributed by atoms with Crippen LogP contribution in [-0.2, 0) is 15.9 Å². The number of nitrogens with zero attached hydrogens (tertiary/aromatic N) is 6. The molecule has 142 valence electrons. The number of morpholine rings is 1. The zero-order valence-corrected chi connectivity index (χ0v) is 15.1. The maximum atomic E-state index is 12.4. The second-order valence-corrected chi connectivity index (χ2v) is 6.20. The van der Waals surface area contributed by atoms with Crippen LogP contribution in [0.15, 0.2) is 12.4 Å². The normalized spacial score (nSPS) is 16.3. The van der Waals surface area contributed by atoms with E-state index in [4.69, 9.17) is 20.2 Å². The molecule has 1 fully saturated rings. The van der Waals surface area contributed by atoms with Gasteiger partial charge in [-0.15, -0.1) is 0 Å². The number of hydrogen-bond acceptors (Lipinski definition) is 9. The van der Waals surface area contributed by atoms with Gasteiger partial charge < -0.3 is 20.1 Å². The highest BCUT2D eigenvalue weighted by Gasteiger charge is 2.32. The summed E-state index contributed by atoms with van der Waals surface area (Å²) in [6, 6.07) is 0. The van der Waals surface area contributed by atoms with Crippen molar-refractivity contribution in [3.05, 3.63) is 18.0 Å². The van der Waals surface area contributed by atoms with Gasteiger partial charge in [-0.05, 0) is 13.3 Å².